The van der Waals surface area contributed by atoms with Crippen LogP contribution in [0.3, 0.4) is 0 Å². The fourth-order valence-electron chi connectivity index (χ4n) is 2.93. The van der Waals surface area contributed by atoms with Crippen molar-refractivity contribution in [2.75, 3.05) is 13.7 Å². The van der Waals surface area contributed by atoms with Crippen LogP contribution in [-0.2, 0) is 14.3 Å². The van der Waals surface area contributed by atoms with Crippen molar-refractivity contribution >= 4 is 45.7 Å². The maximum atomic E-state index is 12.8. The Hall–Kier alpha value is -2.80. The maximum Gasteiger partial charge on any atom is 0.328 e. The average molecular weight is 385 g/mol. The topological polar surface area (TPSA) is 72.9 Å². The van der Waals surface area contributed by atoms with Gasteiger partial charge in [-0.1, -0.05) is 30.3 Å². The van der Waals surface area contributed by atoms with Gasteiger partial charge < -0.3 is 9.47 Å². The normalized spacial score (nSPS) is 16.9. The highest BCUT2D eigenvalue weighted by atomic mass is 32.2. The summed E-state index contributed by atoms with van der Waals surface area (Å²) in [5, 5.41) is 1.41. The zero-order valence-corrected chi connectivity index (χ0v) is 16.0. The van der Waals surface area contributed by atoms with E-state index in [1.54, 1.807) is 6.08 Å². The lowest BCUT2D eigenvalue weighted by Gasteiger charge is -2.18. The molecule has 2 aromatic rings. The average Bonchev–Trinajstić information content (AvgIpc) is 2.95. The highest BCUT2D eigenvalue weighted by molar-refractivity contribution is 8.18. The molecule has 7 heteroatoms. The van der Waals surface area contributed by atoms with E-state index in [0.717, 1.165) is 33.0 Å². The molecule has 0 saturated carbocycles. The van der Waals surface area contributed by atoms with Crippen molar-refractivity contribution < 1.29 is 23.9 Å². The van der Waals surface area contributed by atoms with Crippen molar-refractivity contribution in [3.8, 4) is 5.75 Å². The van der Waals surface area contributed by atoms with Gasteiger partial charge in [0.25, 0.3) is 11.1 Å². The number of hydrogen-bond acceptors (Lipinski definition) is 6. The number of amides is 2. The number of benzene rings is 2. The first-order valence-corrected chi connectivity index (χ1v) is 9.29. The van der Waals surface area contributed by atoms with Crippen molar-refractivity contribution in [2.24, 2.45) is 0 Å². The second kappa shape index (κ2) is 7.84. The Labute approximate surface area is 161 Å². The molecule has 0 aromatic heterocycles. The molecular weight excluding hydrogens is 366 g/mol. The molecule has 0 unspecified atom stereocenters. The lowest BCUT2D eigenvalue weighted by molar-refractivity contribution is -0.148. The number of carbonyl (C=O) groups excluding carboxylic acids is 3. The molecular formula is C20H19NO5S. The van der Waals surface area contributed by atoms with Gasteiger partial charge in [-0.25, -0.2) is 4.79 Å². The zero-order valence-electron chi connectivity index (χ0n) is 15.2. The van der Waals surface area contributed by atoms with Crippen LogP contribution < -0.4 is 4.74 Å². The molecule has 140 valence electrons. The summed E-state index contributed by atoms with van der Waals surface area (Å²) < 4.78 is 10.4. The van der Waals surface area contributed by atoms with E-state index in [1.165, 1.54) is 14.0 Å². The van der Waals surface area contributed by atoms with Crippen molar-refractivity contribution in [1.82, 2.24) is 4.90 Å². The molecule has 1 fully saturated rings. The third-order valence-corrected chi connectivity index (χ3v) is 5.14. The molecule has 27 heavy (non-hydrogen) atoms. The van der Waals surface area contributed by atoms with Crippen LogP contribution in [0.4, 0.5) is 4.79 Å². The number of nitrogens with zero attached hydrogens (tertiary/aromatic N) is 1. The van der Waals surface area contributed by atoms with Gasteiger partial charge >= 0.3 is 5.97 Å². The minimum Gasteiger partial charge on any atom is -0.493 e. The van der Waals surface area contributed by atoms with Crippen LogP contribution in [-0.4, -0.2) is 41.8 Å². The van der Waals surface area contributed by atoms with Gasteiger partial charge in [0.2, 0.25) is 0 Å². The Morgan fingerprint density at radius 3 is 2.67 bits per heavy atom. The second-order valence-electron chi connectivity index (χ2n) is 5.88. The minimum atomic E-state index is -0.979. The van der Waals surface area contributed by atoms with Crippen LogP contribution in [0.2, 0.25) is 0 Å². The number of carbonyl (C=O) groups is 3. The summed E-state index contributed by atoms with van der Waals surface area (Å²) in [7, 11) is 1.22. The van der Waals surface area contributed by atoms with E-state index in [1.807, 2.05) is 43.3 Å². The second-order valence-corrected chi connectivity index (χ2v) is 6.88. The summed E-state index contributed by atoms with van der Waals surface area (Å²) in [6, 6.07) is 10.5. The highest BCUT2D eigenvalue weighted by Crippen LogP contribution is 2.37. The highest BCUT2D eigenvalue weighted by Gasteiger charge is 2.41. The molecule has 0 spiro atoms. The number of ether oxygens (including phenoxy) is 2. The van der Waals surface area contributed by atoms with Gasteiger partial charge in [0.05, 0.1) is 18.6 Å². The molecule has 1 heterocycles. The molecule has 0 bridgehead atoms. The Bertz CT molecular complexity index is 953. The van der Waals surface area contributed by atoms with Gasteiger partial charge in [-0.3, -0.25) is 14.5 Å². The number of hydrogen-bond donors (Lipinski definition) is 0. The molecule has 6 nitrogen and oxygen atoms in total. The number of rotatable bonds is 5. The summed E-state index contributed by atoms with van der Waals surface area (Å²) >= 11 is 0.803. The predicted octanol–water partition coefficient (Wildman–Crippen LogP) is 3.84. The van der Waals surface area contributed by atoms with Crippen molar-refractivity contribution in [2.45, 2.75) is 19.9 Å². The molecule has 1 atom stereocenters. The van der Waals surface area contributed by atoms with E-state index in [2.05, 4.69) is 4.74 Å². The molecule has 3 rings (SSSR count). The third-order valence-electron chi connectivity index (χ3n) is 4.26. The molecule has 0 aliphatic carbocycles. The van der Waals surface area contributed by atoms with E-state index < -0.39 is 23.2 Å². The predicted molar refractivity (Wildman–Crippen MR) is 104 cm³/mol. The van der Waals surface area contributed by atoms with Crippen LogP contribution >= 0.6 is 11.8 Å². The van der Waals surface area contributed by atoms with Crippen LogP contribution in [0.25, 0.3) is 16.8 Å². The number of esters is 1. The van der Waals surface area contributed by atoms with Crippen LogP contribution in [0.15, 0.2) is 41.3 Å². The summed E-state index contributed by atoms with van der Waals surface area (Å²) in [6.45, 7) is 3.82. The summed E-state index contributed by atoms with van der Waals surface area (Å²) in [5.74, 6) is -0.527. The maximum absolute atomic E-state index is 12.8. The van der Waals surface area contributed by atoms with Gasteiger partial charge in [0.1, 0.15) is 11.8 Å². The molecule has 1 aliphatic rings. The first kappa shape index (κ1) is 19.0. The van der Waals surface area contributed by atoms with Gasteiger partial charge in [-0.05, 0) is 48.5 Å². The van der Waals surface area contributed by atoms with E-state index >= 15 is 0 Å². The lowest BCUT2D eigenvalue weighted by Crippen LogP contribution is -2.42. The van der Waals surface area contributed by atoms with Crippen LogP contribution in [0, 0.1) is 0 Å². The third kappa shape index (κ3) is 3.55. The van der Waals surface area contributed by atoms with Crippen molar-refractivity contribution in [3.05, 3.63) is 46.9 Å². The molecule has 0 N–H and O–H groups in total. The summed E-state index contributed by atoms with van der Waals surface area (Å²) in [6.07, 6.45) is 1.65. The summed E-state index contributed by atoms with van der Waals surface area (Å²) in [4.78, 5) is 38.0. The number of thioether (sulfide) groups is 1. The molecule has 2 amide bonds. The molecule has 1 saturated heterocycles. The lowest BCUT2D eigenvalue weighted by atomic mass is 10.0. The van der Waals surface area contributed by atoms with Gasteiger partial charge in [0.15, 0.2) is 0 Å². The first-order valence-electron chi connectivity index (χ1n) is 8.47. The number of fused-ring (bicyclic) bond motifs is 1. The fraction of sp³-hybridized carbons (Fsp3) is 0.250. The van der Waals surface area contributed by atoms with E-state index in [0.29, 0.717) is 12.4 Å². The molecule has 0 radical (unpaired) electrons. The molecule has 1 aliphatic heterocycles. The van der Waals surface area contributed by atoms with E-state index in [4.69, 9.17) is 4.74 Å². The Morgan fingerprint density at radius 2 is 1.96 bits per heavy atom. The Morgan fingerprint density at radius 1 is 1.22 bits per heavy atom. The first-order chi connectivity index (χ1) is 13.0. The Balaban J connectivity index is 2.07. The standard InChI is InChI=1S/C20H19NO5S/c1-4-26-16-10-9-13-7-5-6-8-14(13)15(16)11-17-18(22)21(20(24)27-17)12(2)19(23)25-3/h5-12H,4H2,1-3H3/b17-11+/t12-/m0/s1. The minimum absolute atomic E-state index is 0.244. The monoisotopic (exact) mass is 385 g/mol. The quantitative estimate of drug-likeness (QED) is 0.575. The van der Waals surface area contributed by atoms with E-state index in [-0.39, 0.29) is 4.91 Å². The van der Waals surface area contributed by atoms with E-state index in [9.17, 15) is 14.4 Å². The number of imide groups is 1. The van der Waals surface area contributed by atoms with Crippen molar-refractivity contribution in [1.29, 1.82) is 0 Å². The molecule has 2 aromatic carbocycles. The largest absolute Gasteiger partial charge is 0.493 e. The van der Waals surface area contributed by atoms with Crippen LogP contribution in [0.5, 0.6) is 5.75 Å². The zero-order chi connectivity index (χ0) is 19.6. The fourth-order valence-corrected chi connectivity index (χ4v) is 3.82. The van der Waals surface area contributed by atoms with Crippen LogP contribution in [0.1, 0.15) is 19.4 Å². The summed E-state index contributed by atoms with van der Waals surface area (Å²) in [5.41, 5.74) is 0.728. The number of methoxy groups -OCH3 is 1. The smallest absolute Gasteiger partial charge is 0.328 e. The Kier molecular flexibility index (Phi) is 5.51. The van der Waals surface area contributed by atoms with Gasteiger partial charge in [-0.15, -0.1) is 0 Å². The SMILES string of the molecule is CCOc1ccc2ccccc2c1/C=C1/SC(=O)N([C@@H](C)C(=O)OC)C1=O. The van der Waals surface area contributed by atoms with Gasteiger partial charge in [0, 0.05) is 5.56 Å². The van der Waals surface area contributed by atoms with Gasteiger partial charge in [-0.2, -0.15) is 0 Å². The van der Waals surface area contributed by atoms with Crippen molar-refractivity contribution in [3.63, 3.8) is 0 Å².